The molecule has 0 aromatic carbocycles. The van der Waals surface area contributed by atoms with E-state index in [-0.39, 0.29) is 0 Å². The van der Waals surface area contributed by atoms with E-state index in [0.29, 0.717) is 12.0 Å². The zero-order valence-corrected chi connectivity index (χ0v) is 14.9. The van der Waals surface area contributed by atoms with Gasteiger partial charge in [-0.05, 0) is 39.3 Å². The van der Waals surface area contributed by atoms with Crippen molar-refractivity contribution in [2.45, 2.75) is 38.6 Å². The van der Waals surface area contributed by atoms with Gasteiger partial charge in [-0.15, -0.1) is 0 Å². The van der Waals surface area contributed by atoms with E-state index in [0.717, 1.165) is 49.7 Å². The summed E-state index contributed by atoms with van der Waals surface area (Å²) in [6, 6.07) is 2.34. The maximum Gasteiger partial charge on any atom is 0.110 e. The normalized spacial score (nSPS) is 19.1. The third kappa shape index (κ3) is 3.65. The molecule has 6 heteroatoms. The monoisotopic (exact) mass is 329 g/mol. The fourth-order valence-electron chi connectivity index (χ4n) is 3.46. The summed E-state index contributed by atoms with van der Waals surface area (Å²) < 4.78 is 7.26. The van der Waals surface area contributed by atoms with Gasteiger partial charge >= 0.3 is 0 Å². The van der Waals surface area contributed by atoms with Gasteiger partial charge in [0.05, 0.1) is 18.0 Å². The van der Waals surface area contributed by atoms with Gasteiger partial charge in [0.1, 0.15) is 5.69 Å². The number of hydrogen-bond acceptors (Lipinski definition) is 5. The Kier molecular flexibility index (Phi) is 5.58. The van der Waals surface area contributed by atoms with Crippen molar-refractivity contribution in [3.05, 3.63) is 30.4 Å². The number of methoxy groups -OCH3 is 1. The SMILES string of the molecule is COCCN1CCC[C@@H](c2nccnc2-c2ccnn2C(C)C)C1. The molecule has 0 spiro atoms. The summed E-state index contributed by atoms with van der Waals surface area (Å²) in [5.74, 6) is 0.412. The summed E-state index contributed by atoms with van der Waals surface area (Å²) in [7, 11) is 1.76. The molecule has 6 nitrogen and oxygen atoms in total. The molecule has 1 aliphatic heterocycles. The molecule has 0 radical (unpaired) electrons. The molecule has 3 heterocycles. The van der Waals surface area contributed by atoms with E-state index in [1.165, 1.54) is 6.42 Å². The topological polar surface area (TPSA) is 56.1 Å². The lowest BCUT2D eigenvalue weighted by molar-refractivity contribution is 0.127. The minimum Gasteiger partial charge on any atom is -0.383 e. The van der Waals surface area contributed by atoms with Gasteiger partial charge in [0.2, 0.25) is 0 Å². The maximum atomic E-state index is 5.23. The highest BCUT2D eigenvalue weighted by atomic mass is 16.5. The quantitative estimate of drug-likeness (QED) is 0.815. The molecule has 1 aliphatic rings. The third-order valence-corrected chi connectivity index (χ3v) is 4.63. The van der Waals surface area contributed by atoms with Crippen LogP contribution in [0.25, 0.3) is 11.4 Å². The van der Waals surface area contributed by atoms with Gasteiger partial charge in [0, 0.05) is 50.7 Å². The van der Waals surface area contributed by atoms with Gasteiger partial charge < -0.3 is 9.64 Å². The number of piperidine rings is 1. The molecule has 0 saturated carbocycles. The van der Waals surface area contributed by atoms with E-state index in [1.807, 2.05) is 23.1 Å². The van der Waals surface area contributed by atoms with Gasteiger partial charge in [0.25, 0.3) is 0 Å². The minimum absolute atomic E-state index is 0.300. The molecule has 24 heavy (non-hydrogen) atoms. The summed E-state index contributed by atoms with van der Waals surface area (Å²) in [6.07, 6.45) is 7.78. The zero-order chi connectivity index (χ0) is 16.9. The van der Waals surface area contributed by atoms with Crippen LogP contribution >= 0.6 is 0 Å². The predicted octanol–water partition coefficient (Wildman–Crippen LogP) is 2.75. The van der Waals surface area contributed by atoms with Gasteiger partial charge in [-0.2, -0.15) is 5.10 Å². The molecule has 0 amide bonds. The van der Waals surface area contributed by atoms with Crippen molar-refractivity contribution in [1.29, 1.82) is 0 Å². The van der Waals surface area contributed by atoms with Crippen LogP contribution in [0.15, 0.2) is 24.7 Å². The standard InChI is InChI=1S/C18H27N5O/c1-14(2)23-16(6-7-21-23)18-17(19-8-9-20-18)15-5-4-10-22(13-15)11-12-24-3/h6-9,14-15H,4-5,10-13H2,1-3H3/t15-/m1/s1. The molecule has 2 aromatic rings. The summed E-state index contributed by atoms with van der Waals surface area (Å²) in [4.78, 5) is 11.8. The van der Waals surface area contributed by atoms with Crippen LogP contribution in [0.4, 0.5) is 0 Å². The Balaban J connectivity index is 1.88. The number of likely N-dealkylation sites (tertiary alicyclic amines) is 1. The lowest BCUT2D eigenvalue weighted by Gasteiger charge is -2.32. The second-order valence-corrected chi connectivity index (χ2v) is 6.68. The first-order valence-electron chi connectivity index (χ1n) is 8.76. The van der Waals surface area contributed by atoms with E-state index in [1.54, 1.807) is 13.3 Å². The van der Waals surface area contributed by atoms with Gasteiger partial charge in [-0.3, -0.25) is 14.6 Å². The highest BCUT2D eigenvalue weighted by Crippen LogP contribution is 2.32. The average molecular weight is 329 g/mol. The predicted molar refractivity (Wildman–Crippen MR) is 93.9 cm³/mol. The molecule has 2 aromatic heterocycles. The molecular weight excluding hydrogens is 302 g/mol. The van der Waals surface area contributed by atoms with Crippen LogP contribution in [0.1, 0.15) is 44.3 Å². The highest BCUT2D eigenvalue weighted by molar-refractivity contribution is 5.58. The molecule has 0 aliphatic carbocycles. The zero-order valence-electron chi connectivity index (χ0n) is 14.9. The Morgan fingerprint density at radius 1 is 1.25 bits per heavy atom. The molecule has 1 fully saturated rings. The first-order valence-corrected chi connectivity index (χ1v) is 8.76. The molecule has 1 atom stereocenters. The summed E-state index contributed by atoms with van der Waals surface area (Å²) >= 11 is 0. The molecule has 0 bridgehead atoms. The Hall–Kier alpha value is -1.79. The number of rotatable bonds is 6. The van der Waals surface area contributed by atoms with E-state index < -0.39 is 0 Å². The molecule has 0 unspecified atom stereocenters. The highest BCUT2D eigenvalue weighted by Gasteiger charge is 2.26. The van der Waals surface area contributed by atoms with Crippen molar-refractivity contribution in [3.63, 3.8) is 0 Å². The van der Waals surface area contributed by atoms with Crippen LogP contribution in [-0.2, 0) is 4.74 Å². The van der Waals surface area contributed by atoms with Gasteiger partial charge in [-0.25, -0.2) is 0 Å². The minimum atomic E-state index is 0.300. The molecule has 130 valence electrons. The summed E-state index contributed by atoms with van der Waals surface area (Å²) in [6.45, 7) is 8.19. The lowest BCUT2D eigenvalue weighted by Crippen LogP contribution is -2.37. The van der Waals surface area contributed by atoms with E-state index >= 15 is 0 Å². The largest absolute Gasteiger partial charge is 0.383 e. The number of ether oxygens (including phenoxy) is 1. The fraction of sp³-hybridized carbons (Fsp3) is 0.611. The van der Waals surface area contributed by atoms with Crippen LogP contribution in [0.5, 0.6) is 0 Å². The van der Waals surface area contributed by atoms with Crippen molar-refractivity contribution in [2.24, 2.45) is 0 Å². The first kappa shape index (κ1) is 17.0. The summed E-state index contributed by atoms with van der Waals surface area (Å²) in [5, 5.41) is 4.46. The number of aromatic nitrogens is 4. The van der Waals surface area contributed by atoms with Gasteiger partial charge in [0.15, 0.2) is 0 Å². The third-order valence-electron chi connectivity index (χ3n) is 4.63. The van der Waals surface area contributed by atoms with E-state index in [9.17, 15) is 0 Å². The van der Waals surface area contributed by atoms with Crippen molar-refractivity contribution >= 4 is 0 Å². The van der Waals surface area contributed by atoms with E-state index in [4.69, 9.17) is 9.72 Å². The Morgan fingerprint density at radius 3 is 2.88 bits per heavy atom. The van der Waals surface area contributed by atoms with Crippen LogP contribution in [-0.4, -0.2) is 58.0 Å². The van der Waals surface area contributed by atoms with Crippen molar-refractivity contribution < 1.29 is 4.74 Å². The van der Waals surface area contributed by atoms with Crippen molar-refractivity contribution in [3.8, 4) is 11.4 Å². The van der Waals surface area contributed by atoms with Crippen molar-refractivity contribution in [1.82, 2.24) is 24.6 Å². The van der Waals surface area contributed by atoms with E-state index in [2.05, 4.69) is 28.8 Å². The van der Waals surface area contributed by atoms with Crippen molar-refractivity contribution in [2.75, 3.05) is 33.4 Å². The molecular formula is C18H27N5O. The lowest BCUT2D eigenvalue weighted by atomic mass is 9.92. The van der Waals surface area contributed by atoms with Crippen LogP contribution in [0.3, 0.4) is 0 Å². The number of hydrogen-bond donors (Lipinski definition) is 0. The average Bonchev–Trinajstić information content (AvgIpc) is 3.10. The molecule has 1 saturated heterocycles. The second-order valence-electron chi connectivity index (χ2n) is 6.68. The molecule has 0 N–H and O–H groups in total. The first-order chi connectivity index (χ1) is 11.7. The molecule has 3 rings (SSSR count). The maximum absolute atomic E-state index is 5.23. The smallest absolute Gasteiger partial charge is 0.110 e. The second kappa shape index (κ2) is 7.85. The Labute approximate surface area is 143 Å². The van der Waals surface area contributed by atoms with Crippen LogP contribution in [0.2, 0.25) is 0 Å². The Morgan fingerprint density at radius 2 is 2.08 bits per heavy atom. The fourth-order valence-corrected chi connectivity index (χ4v) is 3.46. The van der Waals surface area contributed by atoms with Crippen LogP contribution < -0.4 is 0 Å². The summed E-state index contributed by atoms with van der Waals surface area (Å²) in [5.41, 5.74) is 3.13. The Bertz CT molecular complexity index is 654. The number of nitrogens with zero attached hydrogens (tertiary/aromatic N) is 5. The van der Waals surface area contributed by atoms with Gasteiger partial charge in [-0.1, -0.05) is 0 Å². The van der Waals surface area contributed by atoms with Crippen LogP contribution in [0, 0.1) is 0 Å².